The van der Waals surface area contributed by atoms with Crippen LogP contribution in [-0.4, -0.2) is 38.0 Å². The van der Waals surface area contributed by atoms with Crippen molar-refractivity contribution in [2.75, 3.05) is 24.5 Å². The van der Waals surface area contributed by atoms with Gasteiger partial charge in [0.25, 0.3) is 10.1 Å². The van der Waals surface area contributed by atoms with Gasteiger partial charge in [-0.2, -0.15) is 8.42 Å². The van der Waals surface area contributed by atoms with Crippen molar-refractivity contribution in [2.24, 2.45) is 0 Å². The van der Waals surface area contributed by atoms with Gasteiger partial charge in [-0.1, -0.05) is 29.3 Å². The Morgan fingerprint density at radius 1 is 1.13 bits per heavy atom. The highest BCUT2D eigenvalue weighted by molar-refractivity contribution is 7.94. The number of amides is 1. The van der Waals surface area contributed by atoms with Crippen LogP contribution in [0.1, 0.15) is 18.1 Å². The van der Waals surface area contributed by atoms with E-state index < -0.39 is 10.1 Å². The molecule has 2 aromatic carbocycles. The number of benzene rings is 2. The predicted octanol–water partition coefficient (Wildman–Crippen LogP) is 3.51. The van der Waals surface area contributed by atoms with Crippen LogP contribution < -0.4 is 10.6 Å². The van der Waals surface area contributed by atoms with Crippen LogP contribution in [0.4, 0.5) is 11.4 Å². The quantitative estimate of drug-likeness (QED) is 0.105. The zero-order valence-corrected chi connectivity index (χ0v) is 17.6. The number of hydrogen-bond acceptors (Lipinski definition) is 9. The maximum atomic E-state index is 11.8. The number of methoxy groups -OCH3 is 1. The minimum absolute atomic E-state index is 0.198. The van der Waals surface area contributed by atoms with Gasteiger partial charge in [-0.05, 0) is 35.4 Å². The minimum atomic E-state index is -4.55. The third-order valence-electron chi connectivity index (χ3n) is 3.64. The largest absolute Gasteiger partial charge is 0.365 e. The van der Waals surface area contributed by atoms with Crippen molar-refractivity contribution < 1.29 is 37.1 Å². The van der Waals surface area contributed by atoms with Gasteiger partial charge in [0.05, 0.1) is 12.0 Å². The van der Waals surface area contributed by atoms with Crippen LogP contribution in [0.2, 0.25) is 0 Å². The monoisotopic (exact) mass is 456 g/mol. The van der Waals surface area contributed by atoms with Gasteiger partial charge in [0.15, 0.2) is 0 Å². The molecule has 0 saturated carbocycles. The fourth-order valence-electron chi connectivity index (χ4n) is 2.42. The average Bonchev–Trinajstić information content (AvgIpc) is 2.69. The second-order valence-corrected chi connectivity index (χ2v) is 7.96. The molecule has 0 atom stereocenters. The lowest BCUT2D eigenvalue weighted by atomic mass is 10.1. The zero-order chi connectivity index (χ0) is 22.1. The van der Waals surface area contributed by atoms with Crippen LogP contribution >= 0.6 is 12.0 Å². The molecule has 4 N–H and O–H groups in total. The van der Waals surface area contributed by atoms with Crippen molar-refractivity contribution in [2.45, 2.75) is 16.7 Å². The molecule has 0 unspecified atom stereocenters. The Hall–Kier alpha value is -2.45. The summed E-state index contributed by atoms with van der Waals surface area (Å²) in [5.74, 6) is -0.380. The maximum Gasteiger partial charge on any atom is 0.295 e. The number of hydrogen-bond donors (Lipinski definition) is 4. The summed E-state index contributed by atoms with van der Waals surface area (Å²) in [5, 5.41) is 17.5. The third kappa shape index (κ3) is 7.11. The molecule has 10 nitrogen and oxygen atoms in total. The van der Waals surface area contributed by atoms with Crippen LogP contribution in [0.5, 0.6) is 0 Å². The van der Waals surface area contributed by atoms with E-state index >= 15 is 0 Å². The summed E-state index contributed by atoms with van der Waals surface area (Å²) in [5.41, 5.74) is 1.73. The number of ether oxygens (including phenoxy) is 1. The van der Waals surface area contributed by atoms with E-state index in [0.29, 0.717) is 16.1 Å². The standard InChI is InChI=1S/C18H20N2O8S2/c1-12(21)20-16-8-6-14(18(10-16)30(23,24)25)4-3-13-5-7-15(19-11-26-2)9-17(13)29-28-27-22/h3-10,19,22H,11H2,1-2H3,(H,20,21)(H,23,24,25). The second kappa shape index (κ2) is 11.1. The maximum absolute atomic E-state index is 11.8. The first kappa shape index (κ1) is 23.8. The molecule has 12 heteroatoms. The molecule has 162 valence electrons. The summed E-state index contributed by atoms with van der Waals surface area (Å²) in [4.78, 5) is 11.4. The molecule has 30 heavy (non-hydrogen) atoms. The van der Waals surface area contributed by atoms with Gasteiger partial charge < -0.3 is 15.4 Å². The molecule has 2 rings (SSSR count). The van der Waals surface area contributed by atoms with Crippen LogP contribution in [-0.2, 0) is 29.0 Å². The Balaban J connectivity index is 2.40. The molecular formula is C18H20N2O8S2. The molecule has 0 aliphatic carbocycles. The van der Waals surface area contributed by atoms with Crippen LogP contribution in [0.3, 0.4) is 0 Å². The Morgan fingerprint density at radius 3 is 2.43 bits per heavy atom. The predicted molar refractivity (Wildman–Crippen MR) is 112 cm³/mol. The Bertz CT molecular complexity index is 1020. The molecule has 0 radical (unpaired) electrons. The fourth-order valence-corrected chi connectivity index (χ4v) is 3.64. The SMILES string of the molecule is COCNc1ccc(C=Cc2ccc(NC(C)=O)cc2S(=O)(=O)O)c(SOOO)c1. The van der Waals surface area contributed by atoms with Crippen LogP contribution in [0, 0.1) is 0 Å². The molecule has 0 aliphatic rings. The second-order valence-electron chi connectivity index (χ2n) is 5.83. The molecule has 0 spiro atoms. The van der Waals surface area contributed by atoms with Crippen molar-refractivity contribution in [1.82, 2.24) is 0 Å². The average molecular weight is 456 g/mol. The number of nitrogens with one attached hydrogen (secondary N) is 2. The molecule has 0 aromatic heterocycles. The first-order valence-electron chi connectivity index (χ1n) is 8.33. The molecule has 1 amide bonds. The normalized spacial score (nSPS) is 11.6. The topological polar surface area (TPSA) is 143 Å². The van der Waals surface area contributed by atoms with Gasteiger partial charge in [-0.3, -0.25) is 9.35 Å². The molecule has 0 bridgehead atoms. The summed E-state index contributed by atoms with van der Waals surface area (Å²) in [6, 6.07) is 9.28. The minimum Gasteiger partial charge on any atom is -0.365 e. The number of rotatable bonds is 10. The van der Waals surface area contributed by atoms with E-state index in [1.54, 1.807) is 24.3 Å². The molecule has 2 aromatic rings. The number of anilines is 2. The fraction of sp³-hybridized carbons (Fsp3) is 0.167. The van der Waals surface area contributed by atoms with Crippen molar-refractivity contribution in [3.05, 3.63) is 47.5 Å². The lowest BCUT2D eigenvalue weighted by Gasteiger charge is -2.10. The van der Waals surface area contributed by atoms with Gasteiger partial charge >= 0.3 is 0 Å². The summed E-state index contributed by atoms with van der Waals surface area (Å²) in [6.07, 6.45) is 3.06. The van der Waals surface area contributed by atoms with E-state index in [9.17, 15) is 17.8 Å². The number of carbonyl (C=O) groups excluding carboxylic acids is 1. The van der Waals surface area contributed by atoms with Crippen LogP contribution in [0.15, 0.2) is 46.2 Å². The summed E-state index contributed by atoms with van der Waals surface area (Å²) in [7, 11) is -3.01. The Kier molecular flexibility index (Phi) is 8.80. The molecule has 0 fully saturated rings. The van der Waals surface area contributed by atoms with Crippen LogP contribution in [0.25, 0.3) is 12.2 Å². The van der Waals surface area contributed by atoms with Gasteiger partial charge in [0.1, 0.15) is 11.6 Å². The number of carbonyl (C=O) groups is 1. The van der Waals surface area contributed by atoms with Gasteiger partial charge in [-0.15, -0.1) is 4.33 Å². The smallest absolute Gasteiger partial charge is 0.295 e. The first-order chi connectivity index (χ1) is 14.2. The summed E-state index contributed by atoms with van der Waals surface area (Å²) in [6.45, 7) is 1.55. The highest BCUT2D eigenvalue weighted by atomic mass is 32.2. The van der Waals surface area contributed by atoms with E-state index in [0.717, 1.165) is 18.1 Å². The highest BCUT2D eigenvalue weighted by Gasteiger charge is 2.15. The van der Waals surface area contributed by atoms with E-state index in [4.69, 9.17) is 9.99 Å². The van der Waals surface area contributed by atoms with Gasteiger partial charge in [0, 0.05) is 30.3 Å². The lowest BCUT2D eigenvalue weighted by Crippen LogP contribution is -2.08. The first-order valence-corrected chi connectivity index (χ1v) is 10.5. The molecule has 0 aliphatic heterocycles. The summed E-state index contributed by atoms with van der Waals surface area (Å²) < 4.78 is 42.6. The van der Waals surface area contributed by atoms with Gasteiger partial charge in [-0.25, -0.2) is 5.26 Å². The van der Waals surface area contributed by atoms with Crippen molar-refractivity contribution >= 4 is 51.6 Å². The van der Waals surface area contributed by atoms with E-state index in [2.05, 4.69) is 20.0 Å². The van der Waals surface area contributed by atoms with Crippen molar-refractivity contribution in [3.63, 3.8) is 0 Å². The summed E-state index contributed by atoms with van der Waals surface area (Å²) >= 11 is 0.729. The molecule has 0 heterocycles. The lowest BCUT2D eigenvalue weighted by molar-refractivity contribution is -0.432. The third-order valence-corrected chi connectivity index (χ3v) is 5.21. The van der Waals surface area contributed by atoms with Crippen molar-refractivity contribution in [1.29, 1.82) is 0 Å². The van der Waals surface area contributed by atoms with E-state index in [1.807, 2.05) is 0 Å². The zero-order valence-electron chi connectivity index (χ0n) is 16.0. The highest BCUT2D eigenvalue weighted by Crippen LogP contribution is 2.30. The van der Waals surface area contributed by atoms with Crippen molar-refractivity contribution in [3.8, 4) is 0 Å². The Morgan fingerprint density at radius 2 is 1.80 bits per heavy atom. The van der Waals surface area contributed by atoms with Gasteiger partial charge in [0.2, 0.25) is 5.91 Å². The Labute approximate surface area is 177 Å². The molecule has 0 saturated heterocycles. The van der Waals surface area contributed by atoms with E-state index in [-0.39, 0.29) is 28.8 Å². The van der Waals surface area contributed by atoms with E-state index in [1.165, 1.54) is 32.2 Å². The molecular weight excluding hydrogens is 436 g/mol.